The zero-order valence-corrected chi connectivity index (χ0v) is 11.3. The van der Waals surface area contributed by atoms with Crippen molar-refractivity contribution < 1.29 is 0 Å². The van der Waals surface area contributed by atoms with E-state index in [1.165, 1.54) is 35.7 Å². The first-order chi connectivity index (χ1) is 7.74. The topological polar surface area (TPSA) is 12.0 Å². The van der Waals surface area contributed by atoms with Crippen LogP contribution in [0.15, 0.2) is 22.7 Å². The van der Waals surface area contributed by atoms with E-state index in [0.29, 0.717) is 6.04 Å². The van der Waals surface area contributed by atoms with Gasteiger partial charge in [0.05, 0.1) is 0 Å². The van der Waals surface area contributed by atoms with Gasteiger partial charge in [0.25, 0.3) is 0 Å². The Morgan fingerprint density at radius 1 is 1.38 bits per heavy atom. The van der Waals surface area contributed by atoms with Crippen molar-refractivity contribution in [2.75, 3.05) is 0 Å². The van der Waals surface area contributed by atoms with Crippen molar-refractivity contribution >= 4 is 15.9 Å². The van der Waals surface area contributed by atoms with Gasteiger partial charge in [-0.25, -0.2) is 0 Å². The molecule has 0 saturated heterocycles. The van der Waals surface area contributed by atoms with E-state index in [1.54, 1.807) is 5.56 Å². The van der Waals surface area contributed by atoms with Crippen LogP contribution in [0.3, 0.4) is 0 Å². The van der Waals surface area contributed by atoms with Crippen LogP contribution >= 0.6 is 15.9 Å². The summed E-state index contributed by atoms with van der Waals surface area (Å²) < 4.78 is 1.21. The van der Waals surface area contributed by atoms with Gasteiger partial charge in [0.1, 0.15) is 0 Å². The van der Waals surface area contributed by atoms with Crippen LogP contribution in [-0.2, 0) is 6.42 Å². The smallest absolute Gasteiger partial charge is 0.0326 e. The van der Waals surface area contributed by atoms with E-state index in [9.17, 15) is 0 Å². The molecular weight excluding hydrogens is 262 g/mol. The SMILES string of the molecule is CC1CC1NC1CCCc2ccc(Br)cc21. The van der Waals surface area contributed by atoms with E-state index >= 15 is 0 Å². The minimum atomic E-state index is 0.594. The summed E-state index contributed by atoms with van der Waals surface area (Å²) in [5.41, 5.74) is 3.07. The van der Waals surface area contributed by atoms with Gasteiger partial charge in [0.15, 0.2) is 0 Å². The van der Waals surface area contributed by atoms with Gasteiger partial charge in [0.2, 0.25) is 0 Å². The lowest BCUT2D eigenvalue weighted by molar-refractivity contribution is 0.448. The Labute approximate surface area is 106 Å². The molecule has 86 valence electrons. The average molecular weight is 280 g/mol. The van der Waals surface area contributed by atoms with Crippen molar-refractivity contribution in [3.63, 3.8) is 0 Å². The molecule has 0 aromatic heterocycles. The predicted octanol–water partition coefficient (Wildman–Crippen LogP) is 3.82. The highest BCUT2D eigenvalue weighted by Crippen LogP contribution is 2.37. The minimum Gasteiger partial charge on any atom is -0.307 e. The fraction of sp³-hybridized carbons (Fsp3) is 0.571. The Morgan fingerprint density at radius 3 is 2.94 bits per heavy atom. The van der Waals surface area contributed by atoms with Gasteiger partial charge in [-0.3, -0.25) is 0 Å². The third-order valence-electron chi connectivity index (χ3n) is 3.95. The third-order valence-corrected chi connectivity index (χ3v) is 4.44. The first-order valence-corrected chi connectivity index (χ1v) is 7.08. The maximum absolute atomic E-state index is 3.81. The van der Waals surface area contributed by atoms with E-state index in [4.69, 9.17) is 0 Å². The quantitative estimate of drug-likeness (QED) is 0.868. The Kier molecular flexibility index (Phi) is 2.80. The van der Waals surface area contributed by atoms with E-state index in [2.05, 4.69) is 46.4 Å². The number of benzene rings is 1. The molecule has 3 rings (SSSR count). The second-order valence-electron chi connectivity index (χ2n) is 5.27. The van der Waals surface area contributed by atoms with Gasteiger partial charge in [-0.2, -0.15) is 0 Å². The Balaban J connectivity index is 1.83. The number of nitrogens with one attached hydrogen (secondary N) is 1. The van der Waals surface area contributed by atoms with Crippen molar-refractivity contribution in [3.05, 3.63) is 33.8 Å². The first kappa shape index (κ1) is 10.8. The van der Waals surface area contributed by atoms with Gasteiger partial charge in [-0.05, 0) is 54.9 Å². The molecule has 1 aromatic carbocycles. The molecule has 16 heavy (non-hydrogen) atoms. The summed E-state index contributed by atoms with van der Waals surface area (Å²) in [7, 11) is 0. The van der Waals surface area contributed by atoms with Gasteiger partial charge in [-0.1, -0.05) is 28.9 Å². The van der Waals surface area contributed by atoms with Crippen LogP contribution in [0, 0.1) is 5.92 Å². The van der Waals surface area contributed by atoms with Crippen LogP contribution in [0.1, 0.15) is 43.4 Å². The van der Waals surface area contributed by atoms with E-state index < -0.39 is 0 Å². The molecule has 1 saturated carbocycles. The molecule has 2 heteroatoms. The lowest BCUT2D eigenvalue weighted by atomic mass is 9.87. The zero-order valence-electron chi connectivity index (χ0n) is 9.67. The fourth-order valence-electron chi connectivity index (χ4n) is 2.76. The molecule has 3 unspecified atom stereocenters. The number of aryl methyl sites for hydroxylation is 1. The van der Waals surface area contributed by atoms with Crippen LogP contribution in [0.2, 0.25) is 0 Å². The molecule has 0 heterocycles. The minimum absolute atomic E-state index is 0.594. The highest BCUT2D eigenvalue weighted by Gasteiger charge is 2.35. The van der Waals surface area contributed by atoms with Crippen LogP contribution in [0.25, 0.3) is 0 Å². The lowest BCUT2D eigenvalue weighted by Gasteiger charge is -2.27. The maximum Gasteiger partial charge on any atom is 0.0326 e. The predicted molar refractivity (Wildman–Crippen MR) is 70.5 cm³/mol. The van der Waals surface area contributed by atoms with Gasteiger partial charge in [0, 0.05) is 16.6 Å². The monoisotopic (exact) mass is 279 g/mol. The van der Waals surface area contributed by atoms with Crippen LogP contribution in [0.5, 0.6) is 0 Å². The normalized spacial score (nSPS) is 32.2. The molecule has 1 aromatic rings. The molecule has 0 radical (unpaired) electrons. The second-order valence-corrected chi connectivity index (χ2v) is 6.19. The molecule has 1 N–H and O–H groups in total. The Morgan fingerprint density at radius 2 is 2.19 bits per heavy atom. The number of rotatable bonds is 2. The van der Waals surface area contributed by atoms with Crippen LogP contribution in [-0.4, -0.2) is 6.04 Å². The zero-order chi connectivity index (χ0) is 11.1. The Bertz CT molecular complexity index is 402. The highest BCUT2D eigenvalue weighted by atomic mass is 79.9. The maximum atomic E-state index is 3.81. The average Bonchev–Trinajstić information content (AvgIpc) is 2.95. The van der Waals surface area contributed by atoms with Crippen LogP contribution in [0.4, 0.5) is 0 Å². The van der Waals surface area contributed by atoms with Gasteiger partial charge < -0.3 is 5.32 Å². The summed E-state index contributed by atoms with van der Waals surface area (Å²) in [6.07, 6.45) is 5.24. The number of hydrogen-bond acceptors (Lipinski definition) is 1. The number of hydrogen-bond donors (Lipinski definition) is 1. The molecule has 1 nitrogen and oxygen atoms in total. The summed E-state index contributed by atoms with van der Waals surface area (Å²) >= 11 is 3.58. The van der Waals surface area contributed by atoms with Crippen molar-refractivity contribution in [1.82, 2.24) is 5.32 Å². The second kappa shape index (κ2) is 4.15. The number of halogens is 1. The molecule has 3 atom stereocenters. The summed E-state index contributed by atoms with van der Waals surface area (Å²) in [6, 6.07) is 8.12. The van der Waals surface area contributed by atoms with Crippen LogP contribution < -0.4 is 5.32 Å². The third kappa shape index (κ3) is 2.05. The summed E-state index contributed by atoms with van der Waals surface area (Å²) in [4.78, 5) is 0. The van der Waals surface area contributed by atoms with Crippen molar-refractivity contribution in [2.24, 2.45) is 5.92 Å². The molecule has 2 aliphatic carbocycles. The largest absolute Gasteiger partial charge is 0.307 e. The molecule has 0 spiro atoms. The van der Waals surface area contributed by atoms with Gasteiger partial charge in [-0.15, -0.1) is 0 Å². The highest BCUT2D eigenvalue weighted by molar-refractivity contribution is 9.10. The molecule has 2 aliphatic rings. The van der Waals surface area contributed by atoms with E-state index in [-0.39, 0.29) is 0 Å². The van der Waals surface area contributed by atoms with Gasteiger partial charge >= 0.3 is 0 Å². The first-order valence-electron chi connectivity index (χ1n) is 6.28. The molecule has 0 bridgehead atoms. The summed E-state index contributed by atoms with van der Waals surface area (Å²) in [6.45, 7) is 2.34. The van der Waals surface area contributed by atoms with Crippen molar-refractivity contribution in [2.45, 2.75) is 44.7 Å². The summed E-state index contributed by atoms with van der Waals surface area (Å²) in [5, 5.41) is 3.81. The molecule has 0 amide bonds. The number of fused-ring (bicyclic) bond motifs is 1. The summed E-state index contributed by atoms with van der Waals surface area (Å²) in [5.74, 6) is 0.887. The van der Waals surface area contributed by atoms with E-state index in [1.807, 2.05) is 0 Å². The molecule has 1 fully saturated rings. The Hall–Kier alpha value is -0.340. The standard InChI is InChI=1S/C14H18BrN/c1-9-7-14(9)16-13-4-2-3-10-5-6-11(15)8-12(10)13/h5-6,8-9,13-14,16H,2-4,7H2,1H3. The molecule has 0 aliphatic heterocycles. The van der Waals surface area contributed by atoms with Crippen molar-refractivity contribution in [1.29, 1.82) is 0 Å². The van der Waals surface area contributed by atoms with Crippen molar-refractivity contribution in [3.8, 4) is 0 Å². The lowest BCUT2D eigenvalue weighted by Crippen LogP contribution is -2.27. The fourth-order valence-corrected chi connectivity index (χ4v) is 3.13. The van der Waals surface area contributed by atoms with E-state index in [0.717, 1.165) is 12.0 Å². The molecular formula is C14H18BrN.